The van der Waals surface area contributed by atoms with E-state index in [0.29, 0.717) is 0 Å². The molecule has 0 saturated carbocycles. The van der Waals surface area contributed by atoms with Crippen LogP contribution in [0.2, 0.25) is 0 Å². The molecule has 0 bridgehead atoms. The Morgan fingerprint density at radius 2 is 1.24 bits per heavy atom. The average molecular weight is 243 g/mol. The van der Waals surface area contributed by atoms with E-state index in [1.165, 1.54) is 0 Å². The first-order valence-electron chi connectivity index (χ1n) is 5.74. The second kappa shape index (κ2) is 4.94. The second-order valence-electron chi connectivity index (χ2n) is 4.29. The highest BCUT2D eigenvalue weighted by Gasteiger charge is 2.33. The predicted octanol–water partition coefficient (Wildman–Crippen LogP) is 3.21. The number of hydrogen-bond donors (Lipinski definition) is 2. The van der Waals surface area contributed by atoms with Crippen LogP contribution >= 0.6 is 12.6 Å². The molecule has 1 atom stereocenters. The Hall–Kier alpha value is -1.25. The van der Waals surface area contributed by atoms with E-state index < -0.39 is 4.75 Å². The fourth-order valence-electron chi connectivity index (χ4n) is 2.08. The number of benzene rings is 2. The molecule has 2 aromatic rings. The molecule has 2 aromatic carbocycles. The number of hydrogen-bond acceptors (Lipinski definition) is 2. The van der Waals surface area contributed by atoms with Gasteiger partial charge in [-0.2, -0.15) is 12.6 Å². The molecule has 0 heterocycles. The first-order chi connectivity index (χ1) is 8.15. The van der Waals surface area contributed by atoms with Gasteiger partial charge in [0.2, 0.25) is 0 Å². The van der Waals surface area contributed by atoms with Gasteiger partial charge in [-0.1, -0.05) is 60.7 Å². The third-order valence-electron chi connectivity index (χ3n) is 3.09. The van der Waals surface area contributed by atoms with E-state index in [2.05, 4.69) is 24.3 Å². The summed E-state index contributed by atoms with van der Waals surface area (Å²) in [5.74, 6) is 0. The summed E-state index contributed by atoms with van der Waals surface area (Å²) in [6.07, 6.45) is 0. The van der Waals surface area contributed by atoms with Crippen molar-refractivity contribution in [2.45, 2.75) is 17.7 Å². The van der Waals surface area contributed by atoms with Crippen molar-refractivity contribution < 1.29 is 0 Å². The van der Waals surface area contributed by atoms with Crippen LogP contribution in [0.25, 0.3) is 0 Å². The Bertz CT molecular complexity index is 425. The molecule has 88 valence electrons. The molecule has 0 radical (unpaired) electrons. The van der Waals surface area contributed by atoms with Crippen molar-refractivity contribution in [2.24, 2.45) is 5.73 Å². The van der Waals surface area contributed by atoms with Crippen LogP contribution < -0.4 is 5.73 Å². The van der Waals surface area contributed by atoms with E-state index in [1.807, 2.05) is 43.3 Å². The molecule has 0 aliphatic heterocycles. The second-order valence-corrected chi connectivity index (χ2v) is 4.99. The Kier molecular flexibility index (Phi) is 3.55. The van der Waals surface area contributed by atoms with Crippen LogP contribution in [0.15, 0.2) is 60.7 Å². The lowest BCUT2D eigenvalue weighted by molar-refractivity contribution is 0.599. The molecule has 0 unspecified atom stereocenters. The third-order valence-corrected chi connectivity index (χ3v) is 4.01. The number of rotatable bonds is 3. The number of nitrogens with two attached hydrogens (primary N) is 1. The monoisotopic (exact) mass is 243 g/mol. The molecular weight excluding hydrogens is 226 g/mol. The lowest BCUT2D eigenvalue weighted by Gasteiger charge is -2.33. The van der Waals surface area contributed by atoms with Crippen LogP contribution in [0, 0.1) is 0 Å². The van der Waals surface area contributed by atoms with Crippen LogP contribution in [0.4, 0.5) is 0 Å². The Morgan fingerprint density at radius 3 is 1.53 bits per heavy atom. The largest absolute Gasteiger partial charge is 0.326 e. The van der Waals surface area contributed by atoms with Gasteiger partial charge in [0.1, 0.15) is 0 Å². The molecule has 0 aliphatic carbocycles. The summed E-state index contributed by atoms with van der Waals surface area (Å²) < 4.78 is -0.442. The fraction of sp³-hybridized carbons (Fsp3) is 0.200. The van der Waals surface area contributed by atoms with Crippen molar-refractivity contribution in [1.82, 2.24) is 0 Å². The molecule has 0 aromatic heterocycles. The molecule has 0 fully saturated rings. The van der Waals surface area contributed by atoms with E-state index in [9.17, 15) is 0 Å². The van der Waals surface area contributed by atoms with Crippen molar-refractivity contribution in [3.05, 3.63) is 71.8 Å². The van der Waals surface area contributed by atoms with Crippen molar-refractivity contribution >= 4 is 12.6 Å². The molecule has 2 heteroatoms. The predicted molar refractivity (Wildman–Crippen MR) is 76.3 cm³/mol. The van der Waals surface area contributed by atoms with Gasteiger partial charge in [0.05, 0.1) is 4.75 Å². The van der Waals surface area contributed by atoms with E-state index in [-0.39, 0.29) is 6.04 Å². The van der Waals surface area contributed by atoms with Crippen molar-refractivity contribution in [3.8, 4) is 0 Å². The summed E-state index contributed by atoms with van der Waals surface area (Å²) in [5.41, 5.74) is 8.42. The summed E-state index contributed by atoms with van der Waals surface area (Å²) >= 11 is 4.87. The van der Waals surface area contributed by atoms with Crippen LogP contribution in [0.3, 0.4) is 0 Å². The Balaban J connectivity index is 2.55. The highest BCUT2D eigenvalue weighted by molar-refractivity contribution is 7.81. The van der Waals surface area contributed by atoms with Crippen molar-refractivity contribution in [1.29, 1.82) is 0 Å². The quantitative estimate of drug-likeness (QED) is 0.795. The van der Waals surface area contributed by atoms with E-state index >= 15 is 0 Å². The number of thiol groups is 1. The molecule has 2 rings (SSSR count). The van der Waals surface area contributed by atoms with Gasteiger partial charge in [-0.3, -0.25) is 0 Å². The molecule has 0 saturated heterocycles. The smallest absolute Gasteiger partial charge is 0.0774 e. The Labute approximate surface area is 108 Å². The van der Waals surface area contributed by atoms with Crippen LogP contribution in [-0.2, 0) is 4.75 Å². The summed E-state index contributed by atoms with van der Waals surface area (Å²) in [6.45, 7) is 1.99. The molecule has 0 amide bonds. The summed E-state index contributed by atoms with van der Waals surface area (Å²) in [5, 5.41) is 0. The lowest BCUT2D eigenvalue weighted by Crippen LogP contribution is -2.39. The van der Waals surface area contributed by atoms with Crippen molar-refractivity contribution in [3.63, 3.8) is 0 Å². The Morgan fingerprint density at radius 1 is 0.882 bits per heavy atom. The fourth-order valence-corrected chi connectivity index (χ4v) is 2.38. The topological polar surface area (TPSA) is 26.0 Å². The van der Waals surface area contributed by atoms with Gasteiger partial charge in [0, 0.05) is 6.04 Å². The molecule has 1 nitrogen and oxygen atoms in total. The maximum atomic E-state index is 6.16. The first-order valence-corrected chi connectivity index (χ1v) is 6.19. The van der Waals surface area contributed by atoms with Crippen LogP contribution in [0.1, 0.15) is 18.1 Å². The van der Waals surface area contributed by atoms with Crippen molar-refractivity contribution in [2.75, 3.05) is 0 Å². The molecular formula is C15H17NS. The lowest BCUT2D eigenvalue weighted by atomic mass is 9.85. The van der Waals surface area contributed by atoms with Gasteiger partial charge in [-0.05, 0) is 18.1 Å². The average Bonchev–Trinajstić information content (AvgIpc) is 2.39. The van der Waals surface area contributed by atoms with Gasteiger partial charge in [-0.25, -0.2) is 0 Å². The van der Waals surface area contributed by atoms with Gasteiger partial charge in [0.25, 0.3) is 0 Å². The van der Waals surface area contributed by atoms with Gasteiger partial charge < -0.3 is 5.73 Å². The molecule has 0 aliphatic rings. The molecule has 2 N–H and O–H groups in total. The van der Waals surface area contributed by atoms with Gasteiger partial charge in [-0.15, -0.1) is 0 Å². The maximum absolute atomic E-state index is 6.16. The third kappa shape index (κ3) is 2.24. The molecule has 17 heavy (non-hydrogen) atoms. The van der Waals surface area contributed by atoms with E-state index in [1.54, 1.807) is 0 Å². The van der Waals surface area contributed by atoms with Crippen LogP contribution in [-0.4, -0.2) is 6.04 Å². The minimum absolute atomic E-state index is 0.0735. The zero-order valence-corrected chi connectivity index (χ0v) is 10.8. The summed E-state index contributed by atoms with van der Waals surface area (Å²) in [6, 6.07) is 20.3. The minimum atomic E-state index is -0.442. The minimum Gasteiger partial charge on any atom is -0.326 e. The SMILES string of the molecule is C[C@@H](N)C(S)(c1ccccc1)c1ccccc1. The van der Waals surface area contributed by atoms with Gasteiger partial charge >= 0.3 is 0 Å². The standard InChI is InChI=1S/C15H17NS/c1-12(16)15(17,13-8-4-2-5-9-13)14-10-6-3-7-11-14/h2-12,17H,16H2,1H3/t12-/m1/s1. The summed E-state index contributed by atoms with van der Waals surface area (Å²) in [7, 11) is 0. The zero-order chi connectivity index (χ0) is 12.3. The highest BCUT2D eigenvalue weighted by Crippen LogP contribution is 2.38. The highest BCUT2D eigenvalue weighted by atomic mass is 32.1. The normalized spacial score (nSPS) is 13.4. The van der Waals surface area contributed by atoms with E-state index in [4.69, 9.17) is 18.4 Å². The summed E-state index contributed by atoms with van der Waals surface area (Å²) in [4.78, 5) is 0. The van der Waals surface area contributed by atoms with E-state index in [0.717, 1.165) is 11.1 Å². The van der Waals surface area contributed by atoms with Gasteiger partial charge in [0.15, 0.2) is 0 Å². The van der Waals surface area contributed by atoms with Crippen LogP contribution in [0.5, 0.6) is 0 Å². The molecule has 0 spiro atoms. The zero-order valence-electron chi connectivity index (χ0n) is 9.88. The maximum Gasteiger partial charge on any atom is 0.0774 e. The first kappa shape index (κ1) is 12.2.